The van der Waals surface area contributed by atoms with E-state index in [2.05, 4.69) is 27.7 Å². The Morgan fingerprint density at radius 3 is 2.74 bits per heavy atom. The highest BCUT2D eigenvalue weighted by Crippen LogP contribution is 2.18. The average Bonchev–Trinajstić information content (AvgIpc) is 2.57. The Hall–Kier alpha value is -0.750. The van der Waals surface area contributed by atoms with Crippen LogP contribution < -0.4 is 10.6 Å². The largest absolute Gasteiger partial charge is 0.326 e. The maximum absolute atomic E-state index is 12.3. The van der Waals surface area contributed by atoms with Crippen molar-refractivity contribution in [2.75, 3.05) is 43.0 Å². The molecule has 0 spiro atoms. The summed E-state index contributed by atoms with van der Waals surface area (Å²) in [5.74, 6) is 2.79. The van der Waals surface area contributed by atoms with E-state index in [4.69, 9.17) is 0 Å². The highest BCUT2D eigenvalue weighted by molar-refractivity contribution is 7.99. The van der Waals surface area contributed by atoms with Crippen LogP contribution in [0.5, 0.6) is 0 Å². The first-order valence-corrected chi connectivity index (χ1v) is 9.37. The van der Waals surface area contributed by atoms with Gasteiger partial charge in [0.1, 0.15) is 0 Å². The lowest BCUT2D eigenvalue weighted by molar-refractivity contribution is -0.120. The lowest BCUT2D eigenvalue weighted by atomic mass is 9.97. The number of nitrogens with zero attached hydrogens (tertiary/aromatic N) is 1. The molecule has 0 radical (unpaired) electrons. The zero-order valence-electron chi connectivity index (χ0n) is 13.4. The third-order valence-electron chi connectivity index (χ3n) is 4.41. The molecule has 2 fully saturated rings. The van der Waals surface area contributed by atoms with Gasteiger partial charge in [0.2, 0.25) is 5.91 Å². The molecule has 0 aromatic heterocycles. The lowest BCUT2D eigenvalue weighted by Crippen LogP contribution is -2.34. The van der Waals surface area contributed by atoms with Crippen LogP contribution in [0, 0.1) is 5.92 Å². The molecule has 0 bridgehead atoms. The number of carbonyl (C=O) groups excluding carboxylic acids is 1. The molecule has 4 nitrogen and oxygen atoms in total. The number of thioether (sulfide) groups is 1. The summed E-state index contributed by atoms with van der Waals surface area (Å²) in [4.78, 5) is 14.8. The summed E-state index contributed by atoms with van der Waals surface area (Å²) in [6.45, 7) is 5.21. The molecule has 128 valence electrons. The smallest absolute Gasteiger partial charge is 0.227 e. The monoisotopic (exact) mass is 355 g/mol. The van der Waals surface area contributed by atoms with E-state index in [0.717, 1.165) is 51.3 Å². The van der Waals surface area contributed by atoms with Crippen LogP contribution in [0.2, 0.25) is 0 Å². The summed E-state index contributed by atoms with van der Waals surface area (Å²) < 4.78 is 0. The van der Waals surface area contributed by atoms with Gasteiger partial charge in [-0.15, -0.1) is 12.4 Å². The Kier molecular flexibility index (Phi) is 7.70. The van der Waals surface area contributed by atoms with Gasteiger partial charge in [0.25, 0.3) is 0 Å². The van der Waals surface area contributed by atoms with Crippen molar-refractivity contribution < 1.29 is 4.79 Å². The maximum atomic E-state index is 12.3. The van der Waals surface area contributed by atoms with Gasteiger partial charge in [-0.1, -0.05) is 12.1 Å². The van der Waals surface area contributed by atoms with Gasteiger partial charge >= 0.3 is 0 Å². The quantitative estimate of drug-likeness (QED) is 0.871. The van der Waals surface area contributed by atoms with Crippen LogP contribution in [0.4, 0.5) is 5.69 Å². The van der Waals surface area contributed by atoms with E-state index in [1.807, 2.05) is 23.9 Å². The molecule has 1 aromatic carbocycles. The summed E-state index contributed by atoms with van der Waals surface area (Å²) in [5.41, 5.74) is 2.22. The van der Waals surface area contributed by atoms with E-state index in [0.29, 0.717) is 0 Å². The molecule has 2 aliphatic heterocycles. The Morgan fingerprint density at radius 1 is 1.26 bits per heavy atom. The first kappa shape index (κ1) is 18.6. The predicted molar refractivity (Wildman–Crippen MR) is 101 cm³/mol. The minimum Gasteiger partial charge on any atom is -0.326 e. The van der Waals surface area contributed by atoms with Crippen molar-refractivity contribution in [1.29, 1.82) is 0 Å². The van der Waals surface area contributed by atoms with E-state index >= 15 is 0 Å². The van der Waals surface area contributed by atoms with E-state index in [9.17, 15) is 4.79 Å². The van der Waals surface area contributed by atoms with E-state index in [1.54, 1.807) is 0 Å². The molecule has 1 amide bonds. The normalized spacial score (nSPS) is 19.8. The molecule has 2 aliphatic rings. The van der Waals surface area contributed by atoms with Crippen LogP contribution in [-0.4, -0.2) is 48.5 Å². The molecule has 2 saturated heterocycles. The summed E-state index contributed by atoms with van der Waals surface area (Å²) in [6.07, 6.45) is 1.88. The minimum absolute atomic E-state index is 0. The van der Waals surface area contributed by atoms with Gasteiger partial charge < -0.3 is 10.6 Å². The maximum Gasteiger partial charge on any atom is 0.227 e. The third-order valence-corrected chi connectivity index (χ3v) is 5.36. The summed E-state index contributed by atoms with van der Waals surface area (Å²) in [7, 11) is 0. The van der Waals surface area contributed by atoms with E-state index < -0.39 is 0 Å². The van der Waals surface area contributed by atoms with Crippen molar-refractivity contribution in [3.05, 3.63) is 29.8 Å². The first-order chi connectivity index (χ1) is 10.8. The second kappa shape index (κ2) is 9.52. The molecule has 3 rings (SSSR count). The fourth-order valence-corrected chi connectivity index (χ4v) is 4.07. The molecule has 0 atom stereocenters. The summed E-state index contributed by atoms with van der Waals surface area (Å²) >= 11 is 2.03. The predicted octanol–water partition coefficient (Wildman–Crippen LogP) is 2.60. The Morgan fingerprint density at radius 2 is 2.00 bits per heavy atom. The molecule has 23 heavy (non-hydrogen) atoms. The number of amides is 1. The molecule has 2 heterocycles. The van der Waals surface area contributed by atoms with Crippen LogP contribution in [0.15, 0.2) is 24.3 Å². The zero-order chi connectivity index (χ0) is 15.2. The number of hydrogen-bond donors (Lipinski definition) is 2. The van der Waals surface area contributed by atoms with Crippen LogP contribution >= 0.6 is 24.2 Å². The number of anilines is 1. The molecule has 2 N–H and O–H groups in total. The van der Waals surface area contributed by atoms with Gasteiger partial charge in [0.15, 0.2) is 0 Å². The van der Waals surface area contributed by atoms with Gasteiger partial charge in [0.05, 0.1) is 0 Å². The summed E-state index contributed by atoms with van der Waals surface area (Å²) in [5, 5.41) is 6.40. The van der Waals surface area contributed by atoms with Crippen LogP contribution in [0.3, 0.4) is 0 Å². The van der Waals surface area contributed by atoms with Gasteiger partial charge in [0, 0.05) is 42.7 Å². The second-order valence-corrected chi connectivity index (χ2v) is 7.33. The van der Waals surface area contributed by atoms with Gasteiger partial charge in [-0.2, -0.15) is 11.8 Å². The number of carbonyl (C=O) groups is 1. The molecule has 1 aromatic rings. The molecule has 0 unspecified atom stereocenters. The Labute approximate surface area is 149 Å². The SMILES string of the molecule is Cl.O=C(Nc1cccc(CN2CCSCC2)c1)C1CCNCC1. The number of rotatable bonds is 4. The van der Waals surface area contributed by atoms with Crippen LogP contribution in [0.25, 0.3) is 0 Å². The van der Waals surface area contributed by atoms with E-state index in [-0.39, 0.29) is 24.2 Å². The van der Waals surface area contributed by atoms with Gasteiger partial charge in [-0.3, -0.25) is 9.69 Å². The molecule has 6 heteroatoms. The van der Waals surface area contributed by atoms with Crippen LogP contribution in [-0.2, 0) is 11.3 Å². The van der Waals surface area contributed by atoms with Crippen molar-refractivity contribution in [3.8, 4) is 0 Å². The average molecular weight is 356 g/mol. The molecular formula is C17H26ClN3OS. The standard InChI is InChI=1S/C17H25N3OS.ClH/c21-17(15-4-6-18-7-5-15)19-16-3-1-2-14(12-16)13-20-8-10-22-11-9-20;/h1-3,12,15,18H,4-11,13H2,(H,19,21);1H. The summed E-state index contributed by atoms with van der Waals surface area (Å²) in [6, 6.07) is 8.32. The van der Waals surface area contributed by atoms with Gasteiger partial charge in [-0.05, 0) is 43.6 Å². The second-order valence-electron chi connectivity index (χ2n) is 6.10. The first-order valence-electron chi connectivity index (χ1n) is 8.22. The Balaban J connectivity index is 0.00000192. The number of halogens is 1. The molecule has 0 saturated carbocycles. The Bertz CT molecular complexity index is 502. The van der Waals surface area contributed by atoms with Crippen LogP contribution in [0.1, 0.15) is 18.4 Å². The molecular weight excluding hydrogens is 330 g/mol. The zero-order valence-corrected chi connectivity index (χ0v) is 15.1. The number of hydrogen-bond acceptors (Lipinski definition) is 4. The lowest BCUT2D eigenvalue weighted by Gasteiger charge is -2.26. The minimum atomic E-state index is 0. The van der Waals surface area contributed by atoms with E-state index in [1.165, 1.54) is 17.1 Å². The van der Waals surface area contributed by atoms with Gasteiger partial charge in [-0.25, -0.2) is 0 Å². The highest BCUT2D eigenvalue weighted by Gasteiger charge is 2.21. The number of piperidine rings is 1. The fourth-order valence-electron chi connectivity index (χ4n) is 3.09. The fraction of sp³-hybridized carbons (Fsp3) is 0.588. The third kappa shape index (κ3) is 5.68. The van der Waals surface area contributed by atoms with Crippen molar-refractivity contribution >= 4 is 35.8 Å². The van der Waals surface area contributed by atoms with Crippen molar-refractivity contribution in [2.24, 2.45) is 5.92 Å². The van der Waals surface area contributed by atoms with Crippen molar-refractivity contribution in [1.82, 2.24) is 10.2 Å². The number of benzene rings is 1. The number of nitrogens with one attached hydrogen (secondary N) is 2. The van der Waals surface area contributed by atoms with Crippen molar-refractivity contribution in [2.45, 2.75) is 19.4 Å². The topological polar surface area (TPSA) is 44.4 Å². The highest BCUT2D eigenvalue weighted by atomic mass is 35.5. The molecule has 0 aliphatic carbocycles. The van der Waals surface area contributed by atoms with Crippen molar-refractivity contribution in [3.63, 3.8) is 0 Å².